The SMILES string of the molecule is COC(=O)C(C)c1ccc(N=O)c(Cl)c1. The van der Waals surface area contributed by atoms with Crippen LogP contribution < -0.4 is 0 Å². The van der Waals surface area contributed by atoms with E-state index in [2.05, 4.69) is 9.91 Å². The molecule has 0 spiro atoms. The average molecular weight is 228 g/mol. The number of ether oxygens (including phenoxy) is 1. The normalized spacial score (nSPS) is 11.9. The summed E-state index contributed by atoms with van der Waals surface area (Å²) in [6.45, 7) is 1.70. The molecule has 1 unspecified atom stereocenters. The van der Waals surface area contributed by atoms with E-state index >= 15 is 0 Å². The van der Waals surface area contributed by atoms with Crippen molar-refractivity contribution in [3.63, 3.8) is 0 Å². The number of halogens is 1. The van der Waals surface area contributed by atoms with Gasteiger partial charge in [0.15, 0.2) is 0 Å². The summed E-state index contributed by atoms with van der Waals surface area (Å²) < 4.78 is 4.60. The van der Waals surface area contributed by atoms with E-state index in [1.165, 1.54) is 13.2 Å². The van der Waals surface area contributed by atoms with Gasteiger partial charge in [-0.2, -0.15) is 0 Å². The molecule has 80 valence electrons. The first kappa shape index (κ1) is 11.7. The van der Waals surface area contributed by atoms with Gasteiger partial charge in [-0.3, -0.25) is 4.79 Å². The fourth-order valence-electron chi connectivity index (χ4n) is 1.18. The Kier molecular flexibility index (Phi) is 3.80. The third kappa shape index (κ3) is 2.53. The Balaban J connectivity index is 3.02. The molecule has 0 aliphatic carbocycles. The maximum atomic E-state index is 11.2. The highest BCUT2D eigenvalue weighted by molar-refractivity contribution is 6.33. The van der Waals surface area contributed by atoms with Gasteiger partial charge >= 0.3 is 5.97 Å². The molecule has 1 rings (SSSR count). The first-order chi connectivity index (χ1) is 7.10. The molecule has 0 fully saturated rings. The minimum Gasteiger partial charge on any atom is -0.469 e. The number of carbonyl (C=O) groups is 1. The number of methoxy groups -OCH3 is 1. The molecule has 0 aliphatic heterocycles. The van der Waals surface area contributed by atoms with E-state index in [4.69, 9.17) is 11.6 Å². The minimum absolute atomic E-state index is 0.164. The third-order valence-corrected chi connectivity index (χ3v) is 2.43. The smallest absolute Gasteiger partial charge is 0.312 e. The topological polar surface area (TPSA) is 55.7 Å². The fraction of sp³-hybridized carbons (Fsp3) is 0.300. The summed E-state index contributed by atoms with van der Waals surface area (Å²) in [5.41, 5.74) is 0.858. The largest absolute Gasteiger partial charge is 0.469 e. The Labute approximate surface area is 92.2 Å². The van der Waals surface area contributed by atoms with Crippen molar-refractivity contribution in [1.29, 1.82) is 0 Å². The Morgan fingerprint density at radius 2 is 2.20 bits per heavy atom. The zero-order valence-corrected chi connectivity index (χ0v) is 9.12. The predicted octanol–water partition coefficient (Wildman–Crippen LogP) is 3.01. The summed E-state index contributed by atoms with van der Waals surface area (Å²) in [4.78, 5) is 21.5. The van der Waals surface area contributed by atoms with Crippen LogP contribution >= 0.6 is 11.6 Å². The van der Waals surface area contributed by atoms with Gasteiger partial charge in [-0.1, -0.05) is 17.7 Å². The lowest BCUT2D eigenvalue weighted by Gasteiger charge is -2.09. The predicted molar refractivity (Wildman–Crippen MR) is 57.3 cm³/mol. The highest BCUT2D eigenvalue weighted by Gasteiger charge is 2.16. The summed E-state index contributed by atoms with van der Waals surface area (Å²) in [5.74, 6) is -0.758. The van der Waals surface area contributed by atoms with Crippen LogP contribution in [0.3, 0.4) is 0 Å². The van der Waals surface area contributed by atoms with Gasteiger partial charge in [-0.25, -0.2) is 0 Å². The molecule has 1 aromatic carbocycles. The van der Waals surface area contributed by atoms with Crippen molar-refractivity contribution in [2.45, 2.75) is 12.8 Å². The number of hydrogen-bond donors (Lipinski definition) is 0. The van der Waals surface area contributed by atoms with Crippen LogP contribution in [0.2, 0.25) is 5.02 Å². The molecule has 1 atom stereocenters. The standard InChI is InChI=1S/C10H10ClNO3/c1-6(10(13)15-2)7-3-4-9(12-14)8(11)5-7/h3-6H,1-2H3. The summed E-state index contributed by atoms with van der Waals surface area (Å²) in [6, 6.07) is 4.65. The van der Waals surface area contributed by atoms with Gasteiger partial charge in [-0.15, -0.1) is 4.91 Å². The van der Waals surface area contributed by atoms with Crippen molar-refractivity contribution < 1.29 is 9.53 Å². The van der Waals surface area contributed by atoms with Crippen LogP contribution in [0, 0.1) is 4.91 Å². The van der Waals surface area contributed by atoms with Gasteiger partial charge < -0.3 is 4.74 Å². The highest BCUT2D eigenvalue weighted by Crippen LogP contribution is 2.28. The summed E-state index contributed by atoms with van der Waals surface area (Å²) in [6.07, 6.45) is 0. The maximum Gasteiger partial charge on any atom is 0.312 e. The number of rotatable bonds is 3. The first-order valence-electron chi connectivity index (χ1n) is 4.30. The molecule has 0 bridgehead atoms. The summed E-state index contributed by atoms with van der Waals surface area (Å²) in [5, 5.41) is 2.97. The van der Waals surface area contributed by atoms with Gasteiger partial charge in [0.25, 0.3) is 0 Å². The molecule has 0 radical (unpaired) electrons. The zero-order chi connectivity index (χ0) is 11.4. The molecule has 4 nitrogen and oxygen atoms in total. The molecule has 0 aliphatic rings. The van der Waals surface area contributed by atoms with Gasteiger partial charge in [-0.05, 0) is 29.8 Å². The van der Waals surface area contributed by atoms with Crippen LogP contribution in [0.5, 0.6) is 0 Å². The van der Waals surface area contributed by atoms with Crippen molar-refractivity contribution in [2.24, 2.45) is 5.18 Å². The Morgan fingerprint density at radius 3 is 2.67 bits per heavy atom. The van der Waals surface area contributed by atoms with Gasteiger partial charge in [0, 0.05) is 0 Å². The molecule has 0 saturated heterocycles. The van der Waals surface area contributed by atoms with Crippen LogP contribution in [0.4, 0.5) is 5.69 Å². The van der Waals surface area contributed by atoms with E-state index in [9.17, 15) is 9.70 Å². The number of nitrogens with zero attached hydrogens (tertiary/aromatic N) is 1. The van der Waals surface area contributed by atoms with Crippen LogP contribution in [0.15, 0.2) is 23.4 Å². The van der Waals surface area contributed by atoms with Crippen molar-refractivity contribution in [3.05, 3.63) is 33.7 Å². The maximum absolute atomic E-state index is 11.2. The number of benzene rings is 1. The van der Waals surface area contributed by atoms with Crippen molar-refractivity contribution >= 4 is 23.3 Å². The molecule has 1 aromatic rings. The lowest BCUT2D eigenvalue weighted by molar-refractivity contribution is -0.141. The Morgan fingerprint density at radius 1 is 1.53 bits per heavy atom. The Bertz CT molecular complexity index is 392. The number of carbonyl (C=O) groups excluding carboxylic acids is 1. The number of nitroso groups, excluding NO2 is 1. The molecule has 15 heavy (non-hydrogen) atoms. The number of esters is 1. The molecule has 0 saturated carbocycles. The lowest BCUT2D eigenvalue weighted by Crippen LogP contribution is -2.10. The second-order valence-corrected chi connectivity index (χ2v) is 3.45. The van der Waals surface area contributed by atoms with E-state index in [0.29, 0.717) is 5.56 Å². The molecule has 5 heteroatoms. The first-order valence-corrected chi connectivity index (χ1v) is 4.68. The minimum atomic E-state index is -0.409. The van der Waals surface area contributed by atoms with E-state index in [-0.39, 0.29) is 16.7 Å². The van der Waals surface area contributed by atoms with E-state index < -0.39 is 5.92 Å². The average Bonchev–Trinajstić information content (AvgIpc) is 2.26. The van der Waals surface area contributed by atoms with E-state index in [1.807, 2.05) is 0 Å². The monoisotopic (exact) mass is 227 g/mol. The second-order valence-electron chi connectivity index (χ2n) is 3.05. The highest BCUT2D eigenvalue weighted by atomic mass is 35.5. The van der Waals surface area contributed by atoms with Crippen molar-refractivity contribution in [1.82, 2.24) is 0 Å². The van der Waals surface area contributed by atoms with Crippen molar-refractivity contribution in [3.8, 4) is 0 Å². The van der Waals surface area contributed by atoms with Gasteiger partial charge in [0.2, 0.25) is 0 Å². The van der Waals surface area contributed by atoms with E-state index in [1.54, 1.807) is 19.1 Å². The zero-order valence-electron chi connectivity index (χ0n) is 8.36. The molecule has 0 N–H and O–H groups in total. The van der Waals surface area contributed by atoms with E-state index in [0.717, 1.165) is 0 Å². The fourth-order valence-corrected chi connectivity index (χ4v) is 1.40. The van der Waals surface area contributed by atoms with Gasteiger partial charge in [0.1, 0.15) is 5.69 Å². The summed E-state index contributed by atoms with van der Waals surface area (Å²) >= 11 is 5.78. The van der Waals surface area contributed by atoms with Crippen LogP contribution in [-0.4, -0.2) is 13.1 Å². The molecule has 0 heterocycles. The second kappa shape index (κ2) is 4.89. The lowest BCUT2D eigenvalue weighted by atomic mass is 10.0. The Hall–Kier alpha value is -1.42. The molecular weight excluding hydrogens is 218 g/mol. The molecular formula is C10H10ClNO3. The van der Waals surface area contributed by atoms with Crippen LogP contribution in [-0.2, 0) is 9.53 Å². The number of hydrogen-bond acceptors (Lipinski definition) is 4. The quantitative estimate of drug-likeness (QED) is 0.589. The molecule has 0 aromatic heterocycles. The summed E-state index contributed by atoms with van der Waals surface area (Å²) in [7, 11) is 1.32. The van der Waals surface area contributed by atoms with Gasteiger partial charge in [0.05, 0.1) is 18.1 Å². The molecule has 0 amide bonds. The van der Waals surface area contributed by atoms with Crippen molar-refractivity contribution in [2.75, 3.05) is 7.11 Å². The van der Waals surface area contributed by atoms with Crippen LogP contribution in [0.25, 0.3) is 0 Å². The van der Waals surface area contributed by atoms with Crippen LogP contribution in [0.1, 0.15) is 18.4 Å². The third-order valence-electron chi connectivity index (χ3n) is 2.12.